The minimum Gasteiger partial charge on any atom is -0.330 e. The summed E-state index contributed by atoms with van der Waals surface area (Å²) >= 11 is 0. The van der Waals surface area contributed by atoms with Gasteiger partial charge >= 0.3 is 0 Å². The molecule has 1 amide bonds. The van der Waals surface area contributed by atoms with Gasteiger partial charge in [-0.3, -0.25) is 9.52 Å². The molecular weight excluding hydrogens is 326 g/mol. The van der Waals surface area contributed by atoms with E-state index in [0.29, 0.717) is 17.9 Å². The van der Waals surface area contributed by atoms with Gasteiger partial charge in [-0.25, -0.2) is 8.42 Å². The number of amides is 1. The average molecular weight is 348 g/mol. The zero-order valence-corrected chi connectivity index (χ0v) is 14.0. The molecule has 0 aliphatic heterocycles. The number of nitrogens with one attached hydrogen (secondary N) is 2. The van der Waals surface area contributed by atoms with E-state index in [1.165, 1.54) is 0 Å². The number of sulfonamides is 1. The molecule has 1 aliphatic rings. The third-order valence-electron chi connectivity index (χ3n) is 3.75. The Balaban J connectivity index is 0.00000242. The molecule has 2 atom stereocenters. The lowest BCUT2D eigenvalue weighted by Gasteiger charge is -2.17. The van der Waals surface area contributed by atoms with Crippen LogP contribution in [-0.4, -0.2) is 27.1 Å². The number of anilines is 2. The normalized spacial score (nSPS) is 21.0. The molecule has 0 spiro atoms. The number of hydrogen-bond donors (Lipinski definition) is 3. The Morgan fingerprint density at radius 3 is 2.36 bits per heavy atom. The Hall–Kier alpha value is -1.31. The van der Waals surface area contributed by atoms with E-state index in [0.717, 1.165) is 25.5 Å². The highest BCUT2D eigenvalue weighted by atomic mass is 35.5. The third kappa shape index (κ3) is 5.15. The molecule has 4 N–H and O–H groups in total. The minimum atomic E-state index is -3.29. The van der Waals surface area contributed by atoms with Gasteiger partial charge in [0, 0.05) is 17.3 Å². The van der Waals surface area contributed by atoms with Crippen molar-refractivity contribution in [2.24, 2.45) is 17.6 Å². The Labute approximate surface area is 137 Å². The van der Waals surface area contributed by atoms with Gasteiger partial charge < -0.3 is 11.1 Å². The van der Waals surface area contributed by atoms with Crippen LogP contribution in [0, 0.1) is 11.8 Å². The molecule has 0 radical (unpaired) electrons. The van der Waals surface area contributed by atoms with Crippen LogP contribution in [-0.2, 0) is 14.8 Å². The molecule has 2 rings (SSSR count). The molecule has 124 valence electrons. The molecular formula is C14H22ClN3O3S. The maximum Gasteiger partial charge on any atom is 0.229 e. The van der Waals surface area contributed by atoms with Crippen molar-refractivity contribution in [3.8, 4) is 0 Å². The van der Waals surface area contributed by atoms with Crippen molar-refractivity contribution in [1.82, 2.24) is 0 Å². The predicted octanol–water partition coefficient (Wildman–Crippen LogP) is 1.79. The zero-order chi connectivity index (χ0) is 15.5. The fourth-order valence-electron chi connectivity index (χ4n) is 2.73. The first kappa shape index (κ1) is 18.7. The fourth-order valence-corrected chi connectivity index (χ4v) is 3.30. The molecule has 0 aromatic heterocycles. The van der Waals surface area contributed by atoms with Crippen LogP contribution in [0.2, 0.25) is 0 Å². The second kappa shape index (κ2) is 7.80. The maximum absolute atomic E-state index is 12.2. The van der Waals surface area contributed by atoms with Gasteiger partial charge in [0.05, 0.1) is 6.26 Å². The van der Waals surface area contributed by atoms with Crippen LogP contribution in [0.5, 0.6) is 0 Å². The Morgan fingerprint density at radius 2 is 1.82 bits per heavy atom. The largest absolute Gasteiger partial charge is 0.330 e. The van der Waals surface area contributed by atoms with E-state index in [2.05, 4.69) is 10.0 Å². The highest BCUT2D eigenvalue weighted by molar-refractivity contribution is 7.92. The molecule has 22 heavy (non-hydrogen) atoms. The Kier molecular flexibility index (Phi) is 6.65. The molecule has 1 aromatic rings. The Morgan fingerprint density at radius 1 is 1.23 bits per heavy atom. The van der Waals surface area contributed by atoms with E-state index in [-0.39, 0.29) is 30.2 Å². The van der Waals surface area contributed by atoms with Crippen molar-refractivity contribution in [3.63, 3.8) is 0 Å². The first-order chi connectivity index (χ1) is 9.89. The lowest BCUT2D eigenvalue weighted by Crippen LogP contribution is -2.29. The average Bonchev–Trinajstić information content (AvgIpc) is 2.87. The van der Waals surface area contributed by atoms with Crippen LogP contribution in [0.15, 0.2) is 24.3 Å². The van der Waals surface area contributed by atoms with E-state index in [4.69, 9.17) is 5.73 Å². The number of nitrogens with two attached hydrogens (primary N) is 1. The number of halogens is 1. The summed E-state index contributed by atoms with van der Waals surface area (Å²) in [5.41, 5.74) is 6.81. The van der Waals surface area contributed by atoms with Gasteiger partial charge in [-0.1, -0.05) is 6.42 Å². The summed E-state index contributed by atoms with van der Waals surface area (Å²) in [7, 11) is -3.29. The minimum absolute atomic E-state index is 0. The number of benzene rings is 1. The van der Waals surface area contributed by atoms with Crippen molar-refractivity contribution < 1.29 is 13.2 Å². The second-order valence-electron chi connectivity index (χ2n) is 5.47. The van der Waals surface area contributed by atoms with Crippen LogP contribution in [0.4, 0.5) is 11.4 Å². The summed E-state index contributed by atoms with van der Waals surface area (Å²) in [5.74, 6) is 0.228. The molecule has 8 heteroatoms. The first-order valence-corrected chi connectivity index (χ1v) is 8.87. The topological polar surface area (TPSA) is 101 Å². The smallest absolute Gasteiger partial charge is 0.229 e. The van der Waals surface area contributed by atoms with Gasteiger partial charge in [0.2, 0.25) is 15.9 Å². The van der Waals surface area contributed by atoms with Crippen LogP contribution < -0.4 is 15.8 Å². The van der Waals surface area contributed by atoms with Gasteiger partial charge in [0.25, 0.3) is 0 Å². The third-order valence-corrected chi connectivity index (χ3v) is 4.36. The molecule has 0 heterocycles. The van der Waals surface area contributed by atoms with Crippen LogP contribution in [0.3, 0.4) is 0 Å². The Bertz CT molecular complexity index is 604. The highest BCUT2D eigenvalue weighted by Crippen LogP contribution is 2.31. The van der Waals surface area contributed by atoms with Crippen molar-refractivity contribution in [1.29, 1.82) is 0 Å². The summed E-state index contributed by atoms with van der Waals surface area (Å²) in [6, 6.07) is 6.59. The molecule has 1 fully saturated rings. The summed E-state index contributed by atoms with van der Waals surface area (Å²) in [6.45, 7) is 0.537. The van der Waals surface area contributed by atoms with E-state index >= 15 is 0 Å². The SMILES string of the molecule is CS(=O)(=O)Nc1ccc(NC(=O)[C@@H]2CCC[C@@H]2CN)cc1.Cl. The number of carbonyl (C=O) groups excluding carboxylic acids is 1. The van der Waals surface area contributed by atoms with Gasteiger partial charge in [-0.2, -0.15) is 0 Å². The lowest BCUT2D eigenvalue weighted by atomic mass is 9.95. The standard InChI is InChI=1S/C14H21N3O3S.ClH/c1-21(19,20)17-12-7-5-11(6-8-12)16-14(18)13-4-2-3-10(13)9-15;/h5-8,10,13,17H,2-4,9,15H2,1H3,(H,16,18);1H/t10-,13-;/m1./s1. The summed E-state index contributed by atoms with van der Waals surface area (Å²) in [5, 5.41) is 2.87. The molecule has 1 saturated carbocycles. The summed E-state index contributed by atoms with van der Waals surface area (Å²) < 4.78 is 24.6. The number of carbonyl (C=O) groups is 1. The molecule has 0 unspecified atom stereocenters. The molecule has 1 aliphatic carbocycles. The number of rotatable bonds is 5. The molecule has 6 nitrogen and oxygen atoms in total. The fraction of sp³-hybridized carbons (Fsp3) is 0.500. The van der Waals surface area contributed by atoms with Crippen LogP contribution in [0.25, 0.3) is 0 Å². The van der Waals surface area contributed by atoms with E-state index in [9.17, 15) is 13.2 Å². The van der Waals surface area contributed by atoms with Gasteiger partial charge in [-0.15, -0.1) is 12.4 Å². The molecule has 0 saturated heterocycles. The summed E-state index contributed by atoms with van der Waals surface area (Å²) in [6.07, 6.45) is 4.01. The predicted molar refractivity (Wildman–Crippen MR) is 90.7 cm³/mol. The highest BCUT2D eigenvalue weighted by Gasteiger charge is 2.31. The summed E-state index contributed by atoms with van der Waals surface area (Å²) in [4.78, 5) is 12.2. The second-order valence-corrected chi connectivity index (χ2v) is 7.22. The van der Waals surface area contributed by atoms with Crippen molar-refractivity contribution in [2.75, 3.05) is 22.8 Å². The van der Waals surface area contributed by atoms with Crippen molar-refractivity contribution in [2.45, 2.75) is 19.3 Å². The first-order valence-electron chi connectivity index (χ1n) is 6.98. The lowest BCUT2D eigenvalue weighted by molar-refractivity contribution is -0.120. The zero-order valence-electron chi connectivity index (χ0n) is 12.4. The number of hydrogen-bond acceptors (Lipinski definition) is 4. The van der Waals surface area contributed by atoms with Gasteiger partial charge in [0.1, 0.15) is 0 Å². The van der Waals surface area contributed by atoms with E-state index in [1.807, 2.05) is 0 Å². The van der Waals surface area contributed by atoms with Crippen molar-refractivity contribution in [3.05, 3.63) is 24.3 Å². The monoisotopic (exact) mass is 347 g/mol. The van der Waals surface area contributed by atoms with E-state index < -0.39 is 10.0 Å². The van der Waals surface area contributed by atoms with Crippen LogP contribution in [0.1, 0.15) is 19.3 Å². The maximum atomic E-state index is 12.2. The quantitative estimate of drug-likeness (QED) is 0.755. The van der Waals surface area contributed by atoms with Crippen LogP contribution >= 0.6 is 12.4 Å². The van der Waals surface area contributed by atoms with Gasteiger partial charge in [-0.05, 0) is 49.6 Å². The molecule has 0 bridgehead atoms. The van der Waals surface area contributed by atoms with Crippen molar-refractivity contribution >= 4 is 39.7 Å². The van der Waals surface area contributed by atoms with Gasteiger partial charge in [0.15, 0.2) is 0 Å². The molecule has 1 aromatic carbocycles. The van der Waals surface area contributed by atoms with E-state index in [1.54, 1.807) is 24.3 Å².